The second kappa shape index (κ2) is 6.86. The third-order valence-corrected chi connectivity index (χ3v) is 5.47. The maximum absolute atomic E-state index is 13.2. The molecule has 0 radical (unpaired) electrons. The fourth-order valence-corrected chi connectivity index (χ4v) is 3.65. The van der Waals surface area contributed by atoms with Crippen molar-refractivity contribution in [3.8, 4) is 5.75 Å². The molecule has 0 atom stereocenters. The number of hydrogen-bond acceptors (Lipinski definition) is 3. The van der Waals surface area contributed by atoms with Gasteiger partial charge in [-0.05, 0) is 67.8 Å². The average Bonchev–Trinajstić information content (AvgIpc) is 3.48. The molecule has 0 amide bonds. The van der Waals surface area contributed by atoms with Crippen molar-refractivity contribution in [2.75, 3.05) is 7.11 Å². The maximum atomic E-state index is 13.2. The predicted molar refractivity (Wildman–Crippen MR) is 106 cm³/mol. The van der Waals surface area contributed by atoms with E-state index in [1.165, 1.54) is 0 Å². The lowest BCUT2D eigenvalue weighted by Gasteiger charge is -2.08. The number of aromatic nitrogens is 1. The number of ether oxygens (including phenoxy) is 1. The zero-order chi connectivity index (χ0) is 19.1. The van der Waals surface area contributed by atoms with E-state index in [-0.39, 0.29) is 17.6 Å². The summed E-state index contributed by atoms with van der Waals surface area (Å²) >= 11 is 5.95. The Balaban J connectivity index is 1.86. The van der Waals surface area contributed by atoms with Gasteiger partial charge in [0.2, 0.25) is 0 Å². The van der Waals surface area contributed by atoms with Gasteiger partial charge in [0.05, 0.1) is 12.6 Å². The first-order valence-corrected chi connectivity index (χ1v) is 9.38. The first-order valence-electron chi connectivity index (χ1n) is 9.00. The first-order chi connectivity index (χ1) is 13.0. The minimum atomic E-state index is -0.135. The molecule has 4 rings (SSSR count). The van der Waals surface area contributed by atoms with Crippen LogP contribution in [0.25, 0.3) is 10.9 Å². The Labute approximate surface area is 162 Å². The van der Waals surface area contributed by atoms with Gasteiger partial charge in [0.15, 0.2) is 0 Å². The fraction of sp³-hybridized carbons (Fsp3) is 0.273. The van der Waals surface area contributed by atoms with Gasteiger partial charge in [-0.3, -0.25) is 14.2 Å². The highest BCUT2D eigenvalue weighted by Crippen LogP contribution is 2.35. The van der Waals surface area contributed by atoms with Crippen LogP contribution in [0.5, 0.6) is 5.75 Å². The zero-order valence-electron chi connectivity index (χ0n) is 15.3. The first kappa shape index (κ1) is 17.8. The van der Waals surface area contributed by atoms with Crippen LogP contribution in [-0.2, 0) is 11.2 Å². The summed E-state index contributed by atoms with van der Waals surface area (Å²) in [5.41, 5.74) is 3.04. The van der Waals surface area contributed by atoms with E-state index < -0.39 is 0 Å². The highest BCUT2D eigenvalue weighted by molar-refractivity contribution is 6.30. The summed E-state index contributed by atoms with van der Waals surface area (Å²) in [4.78, 5) is 25.7. The number of halogens is 1. The Morgan fingerprint density at radius 1 is 1.15 bits per heavy atom. The zero-order valence-corrected chi connectivity index (χ0v) is 16.0. The van der Waals surface area contributed by atoms with E-state index in [9.17, 15) is 9.59 Å². The number of methoxy groups -OCH3 is 1. The van der Waals surface area contributed by atoms with Crippen LogP contribution < -0.4 is 4.74 Å². The molecule has 1 fully saturated rings. The third kappa shape index (κ3) is 3.26. The number of carbonyl (C=O) groups excluding carboxylic acids is 2. The normalized spacial score (nSPS) is 13.7. The number of ketones is 1. The minimum absolute atomic E-state index is 0.135. The van der Waals surface area contributed by atoms with Crippen LogP contribution >= 0.6 is 11.6 Å². The van der Waals surface area contributed by atoms with Crippen LogP contribution in [0.15, 0.2) is 42.5 Å². The van der Waals surface area contributed by atoms with Crippen molar-refractivity contribution in [2.24, 2.45) is 5.92 Å². The van der Waals surface area contributed by atoms with Gasteiger partial charge in [0, 0.05) is 34.0 Å². The van der Waals surface area contributed by atoms with Gasteiger partial charge in [-0.15, -0.1) is 0 Å². The summed E-state index contributed by atoms with van der Waals surface area (Å²) in [5.74, 6) is 1.00. The summed E-state index contributed by atoms with van der Waals surface area (Å²) in [7, 11) is 1.61. The molecule has 0 bridgehead atoms. The van der Waals surface area contributed by atoms with Crippen molar-refractivity contribution < 1.29 is 14.3 Å². The second-order valence-corrected chi connectivity index (χ2v) is 7.45. The molecule has 0 spiro atoms. The van der Waals surface area contributed by atoms with E-state index in [0.29, 0.717) is 22.8 Å². The molecule has 1 aliphatic carbocycles. The molecule has 0 aliphatic heterocycles. The number of hydrogen-bond donors (Lipinski definition) is 0. The van der Waals surface area contributed by atoms with Gasteiger partial charge in [-0.2, -0.15) is 0 Å². The van der Waals surface area contributed by atoms with Crippen LogP contribution in [0.2, 0.25) is 5.02 Å². The van der Waals surface area contributed by atoms with Crippen LogP contribution in [-0.4, -0.2) is 23.4 Å². The molecule has 5 heteroatoms. The highest BCUT2D eigenvalue weighted by atomic mass is 35.5. The molecule has 0 N–H and O–H groups in total. The van der Waals surface area contributed by atoms with Crippen LogP contribution in [0.4, 0.5) is 0 Å². The number of Topliss-reactive ketones (excluding diaryl/α,β-unsaturated/α-hetero) is 1. The Morgan fingerprint density at radius 3 is 2.48 bits per heavy atom. The largest absolute Gasteiger partial charge is 0.497 e. The lowest BCUT2D eigenvalue weighted by Crippen LogP contribution is -2.14. The van der Waals surface area contributed by atoms with Gasteiger partial charge in [0.25, 0.3) is 5.91 Å². The average molecular weight is 382 g/mol. The summed E-state index contributed by atoms with van der Waals surface area (Å²) in [5, 5.41) is 1.48. The monoisotopic (exact) mass is 381 g/mol. The van der Waals surface area contributed by atoms with Gasteiger partial charge in [-0.25, -0.2) is 0 Å². The molecule has 3 aromatic rings. The molecule has 1 aliphatic rings. The van der Waals surface area contributed by atoms with Crippen molar-refractivity contribution in [3.63, 3.8) is 0 Å². The Bertz CT molecular complexity index is 1050. The van der Waals surface area contributed by atoms with E-state index in [2.05, 4.69) is 0 Å². The van der Waals surface area contributed by atoms with E-state index in [1.807, 2.05) is 25.1 Å². The summed E-state index contributed by atoms with van der Waals surface area (Å²) in [6.07, 6.45) is 2.30. The van der Waals surface area contributed by atoms with Crippen molar-refractivity contribution in [3.05, 3.63) is 64.3 Å². The van der Waals surface area contributed by atoms with Crippen LogP contribution in [0.3, 0.4) is 0 Å². The number of benzene rings is 2. The Hall–Kier alpha value is -2.59. The second-order valence-electron chi connectivity index (χ2n) is 7.01. The van der Waals surface area contributed by atoms with Crippen molar-refractivity contribution in [2.45, 2.75) is 26.2 Å². The van der Waals surface area contributed by atoms with Gasteiger partial charge >= 0.3 is 0 Å². The third-order valence-electron chi connectivity index (χ3n) is 5.22. The van der Waals surface area contributed by atoms with Crippen LogP contribution in [0, 0.1) is 12.8 Å². The summed E-state index contributed by atoms with van der Waals surface area (Å²) in [6.45, 7) is 1.90. The Kier molecular flexibility index (Phi) is 4.52. The maximum Gasteiger partial charge on any atom is 0.262 e. The smallest absolute Gasteiger partial charge is 0.262 e. The molecule has 1 saturated carbocycles. The van der Waals surface area contributed by atoms with Crippen molar-refractivity contribution in [1.29, 1.82) is 0 Å². The van der Waals surface area contributed by atoms with Gasteiger partial charge in [0.1, 0.15) is 11.5 Å². The van der Waals surface area contributed by atoms with E-state index in [1.54, 1.807) is 35.9 Å². The van der Waals surface area contributed by atoms with Crippen molar-refractivity contribution >= 4 is 34.2 Å². The molecule has 1 heterocycles. The number of carbonyl (C=O) groups is 2. The lowest BCUT2D eigenvalue weighted by atomic mass is 10.0. The number of fused-ring (bicyclic) bond motifs is 1. The fourth-order valence-electron chi connectivity index (χ4n) is 3.52. The van der Waals surface area contributed by atoms with E-state index >= 15 is 0 Å². The topological polar surface area (TPSA) is 48.3 Å². The summed E-state index contributed by atoms with van der Waals surface area (Å²) < 4.78 is 7.04. The molecule has 27 heavy (non-hydrogen) atoms. The minimum Gasteiger partial charge on any atom is -0.497 e. The SMILES string of the molecule is COc1ccc2c(c1)c(CC(=O)C1CC1)c(C)n2C(=O)c1ccc(Cl)cc1. The molecule has 0 unspecified atom stereocenters. The number of nitrogens with zero attached hydrogens (tertiary/aromatic N) is 1. The van der Waals surface area contributed by atoms with Gasteiger partial charge < -0.3 is 4.74 Å². The molecule has 4 nitrogen and oxygen atoms in total. The molecular weight excluding hydrogens is 362 g/mol. The lowest BCUT2D eigenvalue weighted by molar-refractivity contribution is -0.119. The van der Waals surface area contributed by atoms with Gasteiger partial charge in [-0.1, -0.05) is 11.6 Å². The molecule has 1 aromatic heterocycles. The predicted octanol–water partition coefficient (Wildman–Crippen LogP) is 4.82. The van der Waals surface area contributed by atoms with Crippen molar-refractivity contribution in [1.82, 2.24) is 4.57 Å². The van der Waals surface area contributed by atoms with E-state index in [4.69, 9.17) is 16.3 Å². The quantitative estimate of drug-likeness (QED) is 0.636. The van der Waals surface area contributed by atoms with Crippen LogP contribution in [0.1, 0.15) is 34.5 Å². The standard InChI is InChI=1S/C22H20ClNO3/c1-13-18(12-21(25)14-3-4-14)19-11-17(27-2)9-10-20(19)24(13)22(26)15-5-7-16(23)8-6-15/h5-11,14H,3-4,12H2,1-2H3. The highest BCUT2D eigenvalue weighted by Gasteiger charge is 2.31. The molecular formula is C22H20ClNO3. The Morgan fingerprint density at radius 2 is 1.85 bits per heavy atom. The molecule has 0 saturated heterocycles. The number of rotatable bonds is 5. The summed E-state index contributed by atoms with van der Waals surface area (Å²) in [6, 6.07) is 12.5. The van der Waals surface area contributed by atoms with E-state index in [0.717, 1.165) is 35.0 Å². The molecule has 138 valence electrons. The molecule has 2 aromatic carbocycles.